The van der Waals surface area contributed by atoms with Gasteiger partial charge >= 0.3 is 0 Å². The average Bonchev–Trinajstić information content (AvgIpc) is 2.71. The van der Waals surface area contributed by atoms with E-state index in [0.29, 0.717) is 12.5 Å². The molecule has 0 aromatic rings. The number of nitrogens with one attached hydrogen (secondary N) is 2. The molecule has 0 saturated carbocycles. The lowest BCUT2D eigenvalue weighted by atomic mass is 9.96. The number of hydrogen-bond donors (Lipinski definition) is 2. The van der Waals surface area contributed by atoms with Gasteiger partial charge in [0.25, 0.3) is 0 Å². The molecule has 2 atom stereocenters. The first-order valence-corrected chi connectivity index (χ1v) is 5.80. The minimum absolute atomic E-state index is 0.0182. The van der Waals surface area contributed by atoms with Crippen molar-refractivity contribution < 1.29 is 9.59 Å². The van der Waals surface area contributed by atoms with Gasteiger partial charge in [-0.3, -0.25) is 9.59 Å². The molecule has 0 radical (unpaired) electrons. The number of carbonyl (C=O) groups excluding carboxylic acids is 2. The van der Waals surface area contributed by atoms with Gasteiger partial charge in [-0.1, -0.05) is 6.92 Å². The van der Waals surface area contributed by atoms with Crippen LogP contribution in [0.15, 0.2) is 0 Å². The van der Waals surface area contributed by atoms with Gasteiger partial charge in [0, 0.05) is 20.1 Å². The van der Waals surface area contributed by atoms with Gasteiger partial charge < -0.3 is 15.5 Å². The highest BCUT2D eigenvalue weighted by Gasteiger charge is 2.32. The van der Waals surface area contributed by atoms with E-state index < -0.39 is 0 Å². The molecule has 1 heterocycles. The molecule has 1 aliphatic heterocycles. The SMILES string of the molecule is CCN(CC(=O)NC)C(=O)[C@@H]1CNC[C@H]1C. The molecular weight excluding hydrogens is 206 g/mol. The topological polar surface area (TPSA) is 61.4 Å². The minimum Gasteiger partial charge on any atom is -0.358 e. The van der Waals surface area contributed by atoms with E-state index in [-0.39, 0.29) is 24.3 Å². The highest BCUT2D eigenvalue weighted by atomic mass is 16.2. The van der Waals surface area contributed by atoms with E-state index in [2.05, 4.69) is 17.6 Å². The molecule has 2 N–H and O–H groups in total. The summed E-state index contributed by atoms with van der Waals surface area (Å²) >= 11 is 0. The summed E-state index contributed by atoms with van der Waals surface area (Å²) in [6.07, 6.45) is 0. The molecule has 1 saturated heterocycles. The van der Waals surface area contributed by atoms with Gasteiger partial charge in [-0.15, -0.1) is 0 Å². The van der Waals surface area contributed by atoms with Crippen LogP contribution in [0, 0.1) is 11.8 Å². The molecule has 0 aromatic heterocycles. The standard InChI is InChI=1S/C11H21N3O2/c1-4-14(7-10(15)12-3)11(16)9-6-13-5-8(9)2/h8-9,13H,4-7H2,1-3H3,(H,12,15)/t8-,9-/m1/s1. The molecule has 2 amide bonds. The van der Waals surface area contributed by atoms with E-state index >= 15 is 0 Å². The summed E-state index contributed by atoms with van der Waals surface area (Å²) in [5, 5.41) is 5.74. The molecule has 92 valence electrons. The number of carbonyl (C=O) groups is 2. The Balaban J connectivity index is 2.58. The normalized spacial score (nSPS) is 24.2. The van der Waals surface area contributed by atoms with Crippen LogP contribution in [0.3, 0.4) is 0 Å². The van der Waals surface area contributed by atoms with Gasteiger partial charge in [0.1, 0.15) is 0 Å². The van der Waals surface area contributed by atoms with E-state index in [4.69, 9.17) is 0 Å². The Morgan fingerprint density at radius 1 is 1.44 bits per heavy atom. The van der Waals surface area contributed by atoms with Crippen LogP contribution in [0.2, 0.25) is 0 Å². The molecular formula is C11H21N3O2. The van der Waals surface area contributed by atoms with Crippen molar-refractivity contribution in [3.63, 3.8) is 0 Å². The van der Waals surface area contributed by atoms with Crippen molar-refractivity contribution in [3.8, 4) is 0 Å². The fourth-order valence-electron chi connectivity index (χ4n) is 1.97. The summed E-state index contributed by atoms with van der Waals surface area (Å²) in [4.78, 5) is 25.0. The maximum absolute atomic E-state index is 12.1. The molecule has 1 aliphatic rings. The Bertz CT molecular complexity index is 268. The molecule has 0 aliphatic carbocycles. The lowest BCUT2D eigenvalue weighted by Crippen LogP contribution is -2.44. The molecule has 5 heteroatoms. The summed E-state index contributed by atoms with van der Waals surface area (Å²) in [6.45, 7) is 6.31. The van der Waals surface area contributed by atoms with Crippen LogP contribution >= 0.6 is 0 Å². The summed E-state index contributed by atoms with van der Waals surface area (Å²) in [6, 6.07) is 0. The van der Waals surface area contributed by atoms with Gasteiger partial charge in [-0.2, -0.15) is 0 Å². The van der Waals surface area contributed by atoms with Crippen molar-refractivity contribution in [2.45, 2.75) is 13.8 Å². The molecule has 0 aromatic carbocycles. The maximum Gasteiger partial charge on any atom is 0.239 e. The highest BCUT2D eigenvalue weighted by Crippen LogP contribution is 2.18. The minimum atomic E-state index is -0.117. The fourth-order valence-corrected chi connectivity index (χ4v) is 1.97. The summed E-state index contributed by atoms with van der Waals surface area (Å²) < 4.78 is 0. The van der Waals surface area contributed by atoms with Crippen molar-refractivity contribution in [1.82, 2.24) is 15.5 Å². The van der Waals surface area contributed by atoms with Crippen molar-refractivity contribution >= 4 is 11.8 Å². The average molecular weight is 227 g/mol. The third-order valence-electron chi connectivity index (χ3n) is 3.14. The summed E-state index contributed by atoms with van der Waals surface area (Å²) in [5.74, 6) is 0.341. The van der Waals surface area contributed by atoms with Gasteiger partial charge in [-0.05, 0) is 19.4 Å². The van der Waals surface area contributed by atoms with Crippen LogP contribution in [-0.2, 0) is 9.59 Å². The fraction of sp³-hybridized carbons (Fsp3) is 0.818. The second kappa shape index (κ2) is 5.84. The molecule has 1 rings (SSSR count). The van der Waals surface area contributed by atoms with Crippen molar-refractivity contribution in [2.75, 3.05) is 33.2 Å². The van der Waals surface area contributed by atoms with E-state index in [9.17, 15) is 9.59 Å². The lowest BCUT2D eigenvalue weighted by molar-refractivity contribution is -0.139. The number of rotatable bonds is 4. The Morgan fingerprint density at radius 3 is 2.56 bits per heavy atom. The Morgan fingerprint density at radius 2 is 2.12 bits per heavy atom. The Kier molecular flexibility index (Phi) is 4.73. The molecule has 0 bridgehead atoms. The second-order valence-corrected chi connectivity index (χ2v) is 4.27. The third-order valence-corrected chi connectivity index (χ3v) is 3.14. The van der Waals surface area contributed by atoms with Crippen LogP contribution < -0.4 is 10.6 Å². The number of nitrogens with zero attached hydrogens (tertiary/aromatic N) is 1. The zero-order valence-corrected chi connectivity index (χ0v) is 10.2. The van der Waals surface area contributed by atoms with E-state index in [1.165, 1.54) is 0 Å². The van der Waals surface area contributed by atoms with Crippen LogP contribution in [0.1, 0.15) is 13.8 Å². The van der Waals surface area contributed by atoms with Gasteiger partial charge in [0.05, 0.1) is 12.5 Å². The van der Waals surface area contributed by atoms with Crippen molar-refractivity contribution in [2.24, 2.45) is 11.8 Å². The monoisotopic (exact) mass is 227 g/mol. The molecule has 0 spiro atoms. The third kappa shape index (κ3) is 2.95. The number of hydrogen-bond acceptors (Lipinski definition) is 3. The second-order valence-electron chi connectivity index (χ2n) is 4.27. The van der Waals surface area contributed by atoms with E-state index in [0.717, 1.165) is 13.1 Å². The first kappa shape index (κ1) is 13.0. The number of likely N-dealkylation sites (N-methyl/N-ethyl adjacent to an activating group) is 2. The number of amides is 2. The van der Waals surface area contributed by atoms with Crippen LogP contribution in [-0.4, -0.2) is 49.9 Å². The summed E-state index contributed by atoms with van der Waals surface area (Å²) in [5.41, 5.74) is 0. The van der Waals surface area contributed by atoms with E-state index in [1.807, 2.05) is 6.92 Å². The largest absolute Gasteiger partial charge is 0.358 e. The zero-order chi connectivity index (χ0) is 12.1. The zero-order valence-electron chi connectivity index (χ0n) is 10.2. The van der Waals surface area contributed by atoms with E-state index in [1.54, 1.807) is 11.9 Å². The first-order chi connectivity index (χ1) is 7.60. The molecule has 16 heavy (non-hydrogen) atoms. The molecule has 5 nitrogen and oxygen atoms in total. The van der Waals surface area contributed by atoms with Gasteiger partial charge in [0.2, 0.25) is 11.8 Å². The van der Waals surface area contributed by atoms with Crippen LogP contribution in [0.5, 0.6) is 0 Å². The van der Waals surface area contributed by atoms with Gasteiger partial charge in [0.15, 0.2) is 0 Å². The highest BCUT2D eigenvalue weighted by molar-refractivity contribution is 5.86. The molecule has 1 fully saturated rings. The van der Waals surface area contributed by atoms with Crippen molar-refractivity contribution in [3.05, 3.63) is 0 Å². The van der Waals surface area contributed by atoms with Crippen LogP contribution in [0.4, 0.5) is 0 Å². The Labute approximate surface area is 96.6 Å². The maximum atomic E-state index is 12.1. The quantitative estimate of drug-likeness (QED) is 0.676. The van der Waals surface area contributed by atoms with Gasteiger partial charge in [-0.25, -0.2) is 0 Å². The molecule has 0 unspecified atom stereocenters. The smallest absolute Gasteiger partial charge is 0.239 e. The first-order valence-electron chi connectivity index (χ1n) is 5.80. The van der Waals surface area contributed by atoms with Crippen LogP contribution in [0.25, 0.3) is 0 Å². The predicted octanol–water partition coefficient (Wildman–Crippen LogP) is -0.564. The predicted molar refractivity (Wildman–Crippen MR) is 61.8 cm³/mol. The Hall–Kier alpha value is -1.10. The summed E-state index contributed by atoms with van der Waals surface area (Å²) in [7, 11) is 1.58. The van der Waals surface area contributed by atoms with Crippen molar-refractivity contribution in [1.29, 1.82) is 0 Å². The lowest BCUT2D eigenvalue weighted by Gasteiger charge is -2.24.